The van der Waals surface area contributed by atoms with Crippen molar-refractivity contribution in [1.29, 1.82) is 0 Å². The van der Waals surface area contributed by atoms with Crippen LogP contribution in [0.3, 0.4) is 0 Å². The standard InChI is InChI=1S/C19H24N4O2S/c1-11-15-12(2)21-17(13-5-6-13)22-19(15)26-16(11)18(25)20-8-7-14(24)23-9-3-4-10-23/h13H,3-10H2,1-2H3,(H,20,25). The van der Waals surface area contributed by atoms with Crippen LogP contribution in [0.15, 0.2) is 0 Å². The van der Waals surface area contributed by atoms with Gasteiger partial charge in [0, 0.05) is 37.4 Å². The Morgan fingerprint density at radius 1 is 1.19 bits per heavy atom. The first-order chi connectivity index (χ1) is 12.5. The molecular formula is C19H24N4O2S. The van der Waals surface area contributed by atoms with E-state index in [0.717, 1.165) is 66.1 Å². The van der Waals surface area contributed by atoms with E-state index in [2.05, 4.69) is 15.3 Å². The molecular weight excluding hydrogens is 348 g/mol. The lowest BCUT2D eigenvalue weighted by Gasteiger charge is -2.15. The second-order valence-electron chi connectivity index (χ2n) is 7.27. The van der Waals surface area contributed by atoms with Crippen molar-refractivity contribution in [3.05, 3.63) is 22.0 Å². The number of hydrogen-bond donors (Lipinski definition) is 1. The number of aryl methyl sites for hydroxylation is 2. The zero-order valence-corrected chi connectivity index (χ0v) is 16.1. The molecule has 1 N–H and O–H groups in total. The molecule has 0 bridgehead atoms. The van der Waals surface area contributed by atoms with Crippen LogP contribution in [-0.2, 0) is 4.79 Å². The minimum Gasteiger partial charge on any atom is -0.351 e. The Morgan fingerprint density at radius 2 is 1.92 bits per heavy atom. The molecule has 0 atom stereocenters. The zero-order chi connectivity index (χ0) is 18.3. The first kappa shape index (κ1) is 17.4. The SMILES string of the molecule is Cc1nc(C2CC2)nc2sc(C(=O)NCCC(=O)N3CCCC3)c(C)c12. The number of carbonyl (C=O) groups excluding carboxylic acids is 2. The second-order valence-corrected chi connectivity index (χ2v) is 8.27. The molecule has 1 aliphatic carbocycles. The third-order valence-corrected chi connectivity index (χ3v) is 6.40. The van der Waals surface area contributed by atoms with Crippen molar-refractivity contribution in [2.24, 2.45) is 0 Å². The monoisotopic (exact) mass is 372 g/mol. The fraction of sp³-hybridized carbons (Fsp3) is 0.579. The molecule has 2 aromatic heterocycles. The van der Waals surface area contributed by atoms with Crippen LogP contribution in [0.25, 0.3) is 10.2 Å². The van der Waals surface area contributed by atoms with E-state index < -0.39 is 0 Å². The van der Waals surface area contributed by atoms with Crippen molar-refractivity contribution < 1.29 is 9.59 Å². The van der Waals surface area contributed by atoms with Gasteiger partial charge < -0.3 is 10.2 Å². The molecule has 3 heterocycles. The highest BCUT2D eigenvalue weighted by Crippen LogP contribution is 2.40. The fourth-order valence-corrected chi connectivity index (χ4v) is 4.74. The van der Waals surface area contributed by atoms with Crippen LogP contribution in [-0.4, -0.2) is 46.3 Å². The summed E-state index contributed by atoms with van der Waals surface area (Å²) in [4.78, 5) is 37.5. The summed E-state index contributed by atoms with van der Waals surface area (Å²) in [6, 6.07) is 0. The largest absolute Gasteiger partial charge is 0.351 e. The molecule has 6 nitrogen and oxygen atoms in total. The van der Waals surface area contributed by atoms with Crippen molar-refractivity contribution >= 4 is 33.4 Å². The number of thiophene rings is 1. The van der Waals surface area contributed by atoms with Gasteiger partial charge >= 0.3 is 0 Å². The van der Waals surface area contributed by atoms with Crippen molar-refractivity contribution in [1.82, 2.24) is 20.2 Å². The van der Waals surface area contributed by atoms with Crippen LogP contribution in [0.5, 0.6) is 0 Å². The van der Waals surface area contributed by atoms with Gasteiger partial charge in [-0.25, -0.2) is 9.97 Å². The van der Waals surface area contributed by atoms with E-state index in [-0.39, 0.29) is 11.8 Å². The molecule has 138 valence electrons. The Kier molecular flexibility index (Phi) is 4.65. The summed E-state index contributed by atoms with van der Waals surface area (Å²) in [5, 5.41) is 3.90. The summed E-state index contributed by atoms with van der Waals surface area (Å²) in [5.74, 6) is 1.42. The van der Waals surface area contributed by atoms with E-state index in [9.17, 15) is 9.59 Å². The maximum Gasteiger partial charge on any atom is 0.261 e. The van der Waals surface area contributed by atoms with Crippen molar-refractivity contribution in [3.8, 4) is 0 Å². The second kappa shape index (κ2) is 6.95. The average Bonchev–Trinajstić information content (AvgIpc) is 3.20. The highest BCUT2D eigenvalue weighted by atomic mass is 32.1. The molecule has 0 aromatic carbocycles. The molecule has 0 unspecified atom stereocenters. The van der Waals surface area contributed by atoms with E-state index in [1.165, 1.54) is 11.3 Å². The summed E-state index contributed by atoms with van der Waals surface area (Å²) in [6.07, 6.45) is 4.85. The highest BCUT2D eigenvalue weighted by molar-refractivity contribution is 7.20. The van der Waals surface area contributed by atoms with Crippen LogP contribution < -0.4 is 5.32 Å². The van der Waals surface area contributed by atoms with Crippen LogP contribution in [0.2, 0.25) is 0 Å². The summed E-state index contributed by atoms with van der Waals surface area (Å²) < 4.78 is 0. The molecule has 2 fully saturated rings. The molecule has 0 radical (unpaired) electrons. The number of carbonyl (C=O) groups is 2. The molecule has 7 heteroatoms. The quantitative estimate of drug-likeness (QED) is 0.876. The first-order valence-corrected chi connectivity index (χ1v) is 10.2. The number of rotatable bonds is 5. The molecule has 1 saturated carbocycles. The van der Waals surface area contributed by atoms with Gasteiger partial charge in [0.05, 0.1) is 10.6 Å². The molecule has 2 aliphatic rings. The van der Waals surface area contributed by atoms with E-state index in [4.69, 9.17) is 0 Å². The molecule has 26 heavy (non-hydrogen) atoms. The van der Waals surface area contributed by atoms with E-state index in [0.29, 0.717) is 23.8 Å². The topological polar surface area (TPSA) is 75.2 Å². The molecule has 4 rings (SSSR count). The van der Waals surface area contributed by atoms with Gasteiger partial charge in [-0.1, -0.05) is 0 Å². The number of hydrogen-bond acceptors (Lipinski definition) is 5. The number of amides is 2. The normalized spacial score (nSPS) is 17.1. The molecule has 0 spiro atoms. The average molecular weight is 372 g/mol. The third-order valence-electron chi connectivity index (χ3n) is 5.22. The Labute approximate surface area is 157 Å². The smallest absolute Gasteiger partial charge is 0.261 e. The minimum atomic E-state index is -0.118. The number of nitrogens with zero attached hydrogens (tertiary/aromatic N) is 3. The van der Waals surface area contributed by atoms with Crippen molar-refractivity contribution in [2.75, 3.05) is 19.6 Å². The summed E-state index contributed by atoms with van der Waals surface area (Å²) in [6.45, 7) is 6.02. The highest BCUT2D eigenvalue weighted by Gasteiger charge is 2.28. The van der Waals surface area contributed by atoms with Gasteiger partial charge in [-0.3, -0.25) is 9.59 Å². The van der Waals surface area contributed by atoms with Gasteiger partial charge in [-0.05, 0) is 45.1 Å². The fourth-order valence-electron chi connectivity index (χ4n) is 3.59. The van der Waals surface area contributed by atoms with Gasteiger partial charge in [-0.15, -0.1) is 11.3 Å². The van der Waals surface area contributed by atoms with Crippen LogP contribution in [0, 0.1) is 13.8 Å². The Hall–Kier alpha value is -2.02. The number of likely N-dealkylation sites (tertiary alicyclic amines) is 1. The van der Waals surface area contributed by atoms with Gasteiger partial charge in [0.15, 0.2) is 0 Å². The van der Waals surface area contributed by atoms with Gasteiger partial charge in [0.1, 0.15) is 10.7 Å². The predicted octanol–water partition coefficient (Wildman–Crippen LogP) is 2.93. The van der Waals surface area contributed by atoms with E-state index in [1.54, 1.807) is 0 Å². The maximum absolute atomic E-state index is 12.6. The minimum absolute atomic E-state index is 0.118. The molecule has 1 saturated heterocycles. The lowest BCUT2D eigenvalue weighted by atomic mass is 10.1. The van der Waals surface area contributed by atoms with Gasteiger partial charge in [-0.2, -0.15) is 0 Å². The third kappa shape index (κ3) is 3.32. The maximum atomic E-state index is 12.6. The van der Waals surface area contributed by atoms with E-state index in [1.807, 2.05) is 18.7 Å². The first-order valence-electron chi connectivity index (χ1n) is 9.38. The number of fused-ring (bicyclic) bond motifs is 1. The lowest BCUT2D eigenvalue weighted by Crippen LogP contribution is -2.32. The van der Waals surface area contributed by atoms with Gasteiger partial charge in [0.2, 0.25) is 5.91 Å². The van der Waals surface area contributed by atoms with Crippen LogP contribution in [0.4, 0.5) is 0 Å². The summed E-state index contributed by atoms with van der Waals surface area (Å²) >= 11 is 1.43. The van der Waals surface area contributed by atoms with Crippen LogP contribution in [0.1, 0.15) is 64.8 Å². The molecule has 2 amide bonds. The predicted molar refractivity (Wildman–Crippen MR) is 102 cm³/mol. The Morgan fingerprint density at radius 3 is 2.62 bits per heavy atom. The number of nitrogens with one attached hydrogen (secondary N) is 1. The Bertz CT molecular complexity index is 866. The van der Waals surface area contributed by atoms with E-state index >= 15 is 0 Å². The van der Waals surface area contributed by atoms with Crippen molar-refractivity contribution in [3.63, 3.8) is 0 Å². The van der Waals surface area contributed by atoms with Crippen molar-refractivity contribution in [2.45, 2.75) is 51.9 Å². The lowest BCUT2D eigenvalue weighted by molar-refractivity contribution is -0.129. The number of aromatic nitrogens is 2. The summed E-state index contributed by atoms with van der Waals surface area (Å²) in [5.41, 5.74) is 1.89. The van der Waals surface area contributed by atoms with Crippen LogP contribution >= 0.6 is 11.3 Å². The zero-order valence-electron chi connectivity index (χ0n) is 15.3. The Balaban J connectivity index is 1.45. The summed E-state index contributed by atoms with van der Waals surface area (Å²) in [7, 11) is 0. The van der Waals surface area contributed by atoms with Gasteiger partial charge in [0.25, 0.3) is 5.91 Å². The molecule has 2 aromatic rings. The molecule has 1 aliphatic heterocycles.